The lowest BCUT2D eigenvalue weighted by Crippen LogP contribution is -2.36. The average molecular weight is 375 g/mol. The van der Waals surface area contributed by atoms with Crippen LogP contribution in [0, 0.1) is 13.8 Å². The van der Waals surface area contributed by atoms with E-state index in [1.54, 1.807) is 6.20 Å². The van der Waals surface area contributed by atoms with Crippen molar-refractivity contribution in [3.05, 3.63) is 78.2 Å². The van der Waals surface area contributed by atoms with Crippen LogP contribution in [0.15, 0.2) is 67.0 Å². The Morgan fingerprint density at radius 1 is 1.32 bits per heavy atom. The van der Waals surface area contributed by atoms with E-state index in [-0.39, 0.29) is 5.91 Å². The van der Waals surface area contributed by atoms with E-state index in [4.69, 9.17) is 0 Å². The second-order valence-corrected chi connectivity index (χ2v) is 7.16. The third-order valence-corrected chi connectivity index (χ3v) is 4.42. The molecule has 1 aromatic carbocycles. The van der Waals surface area contributed by atoms with Gasteiger partial charge >= 0.3 is 0 Å². The highest BCUT2D eigenvalue weighted by Crippen LogP contribution is 2.26. The molecule has 1 amide bonds. The van der Waals surface area contributed by atoms with Crippen LogP contribution in [-0.2, 0) is 4.79 Å². The molecular formula is C22H25N5O. The lowest BCUT2D eigenvalue weighted by molar-refractivity contribution is -0.115. The number of hydrogen-bond acceptors (Lipinski definition) is 5. The fraction of sp³-hybridized carbons (Fsp3) is 0.227. The predicted octanol–water partition coefficient (Wildman–Crippen LogP) is 4.15. The van der Waals surface area contributed by atoms with Crippen molar-refractivity contribution < 1.29 is 4.79 Å². The zero-order valence-corrected chi connectivity index (χ0v) is 16.4. The Hall–Kier alpha value is -3.41. The predicted molar refractivity (Wildman–Crippen MR) is 113 cm³/mol. The molecule has 144 valence electrons. The van der Waals surface area contributed by atoms with E-state index in [0.717, 1.165) is 29.2 Å². The third-order valence-electron chi connectivity index (χ3n) is 4.42. The summed E-state index contributed by atoms with van der Waals surface area (Å²) >= 11 is 0. The van der Waals surface area contributed by atoms with Crippen molar-refractivity contribution in [2.75, 3.05) is 10.6 Å². The maximum absolute atomic E-state index is 11.6. The highest BCUT2D eigenvalue weighted by molar-refractivity contribution is 5.88. The van der Waals surface area contributed by atoms with E-state index in [2.05, 4.69) is 51.6 Å². The Morgan fingerprint density at radius 2 is 2.14 bits per heavy atom. The van der Waals surface area contributed by atoms with Gasteiger partial charge in [0.05, 0.1) is 5.54 Å². The molecule has 6 heteroatoms. The second kappa shape index (κ2) is 8.08. The van der Waals surface area contributed by atoms with Crippen LogP contribution in [0.25, 0.3) is 0 Å². The summed E-state index contributed by atoms with van der Waals surface area (Å²) in [5, 5.41) is 9.53. The number of aryl methyl sites for hydroxylation is 2. The Bertz CT molecular complexity index is 963. The number of aromatic nitrogens is 2. The molecule has 0 bridgehead atoms. The summed E-state index contributed by atoms with van der Waals surface area (Å²) in [5.74, 6) is 1.03. The summed E-state index contributed by atoms with van der Waals surface area (Å²) in [6, 6.07) is 8.13. The highest BCUT2D eigenvalue weighted by Gasteiger charge is 2.25. The highest BCUT2D eigenvalue weighted by atomic mass is 16.1. The molecule has 1 unspecified atom stereocenters. The molecule has 1 heterocycles. The first-order valence-corrected chi connectivity index (χ1v) is 9.15. The van der Waals surface area contributed by atoms with Gasteiger partial charge in [-0.1, -0.05) is 24.8 Å². The Morgan fingerprint density at radius 3 is 2.89 bits per heavy atom. The maximum Gasteiger partial charge on any atom is 0.247 e. The number of nitrogens with one attached hydrogen (secondary N) is 3. The van der Waals surface area contributed by atoms with Crippen LogP contribution < -0.4 is 16.0 Å². The van der Waals surface area contributed by atoms with Crippen LogP contribution in [-0.4, -0.2) is 21.4 Å². The Balaban J connectivity index is 1.79. The second-order valence-electron chi connectivity index (χ2n) is 7.16. The maximum atomic E-state index is 11.6. The minimum Gasteiger partial charge on any atom is -0.345 e. The molecule has 0 fully saturated rings. The topological polar surface area (TPSA) is 78.9 Å². The molecule has 3 N–H and O–H groups in total. The van der Waals surface area contributed by atoms with Crippen molar-refractivity contribution >= 4 is 23.4 Å². The zero-order chi connectivity index (χ0) is 20.1. The number of carbonyl (C=O) groups excluding carboxylic acids is 1. The molecule has 28 heavy (non-hydrogen) atoms. The third kappa shape index (κ3) is 4.85. The molecule has 1 aliphatic rings. The van der Waals surface area contributed by atoms with Crippen LogP contribution in [0.5, 0.6) is 0 Å². The molecule has 0 spiro atoms. The number of benzene rings is 1. The fourth-order valence-corrected chi connectivity index (χ4v) is 2.98. The lowest BCUT2D eigenvalue weighted by atomic mass is 9.92. The molecule has 2 aromatic rings. The van der Waals surface area contributed by atoms with Crippen molar-refractivity contribution in [3.63, 3.8) is 0 Å². The number of hydrogen-bond donors (Lipinski definition) is 3. The van der Waals surface area contributed by atoms with Gasteiger partial charge in [-0.05, 0) is 63.1 Å². The normalized spacial score (nSPS) is 18.2. The number of carbonyl (C=O) groups is 1. The van der Waals surface area contributed by atoms with Crippen molar-refractivity contribution in [2.45, 2.75) is 32.7 Å². The van der Waals surface area contributed by atoms with Crippen LogP contribution >= 0.6 is 0 Å². The largest absolute Gasteiger partial charge is 0.345 e. The quantitative estimate of drug-likeness (QED) is 0.661. The summed E-state index contributed by atoms with van der Waals surface area (Å²) in [6.07, 6.45) is 9.64. The molecule has 0 aliphatic heterocycles. The van der Waals surface area contributed by atoms with Gasteiger partial charge < -0.3 is 16.0 Å². The van der Waals surface area contributed by atoms with E-state index < -0.39 is 5.54 Å². The minimum atomic E-state index is -0.422. The van der Waals surface area contributed by atoms with Gasteiger partial charge in [-0.25, -0.2) is 4.98 Å². The lowest BCUT2D eigenvalue weighted by Gasteiger charge is -2.30. The molecule has 0 saturated heterocycles. The monoisotopic (exact) mass is 375 g/mol. The van der Waals surface area contributed by atoms with Crippen LogP contribution in [0.2, 0.25) is 0 Å². The summed E-state index contributed by atoms with van der Waals surface area (Å²) in [7, 11) is 0. The van der Waals surface area contributed by atoms with Crippen molar-refractivity contribution in [3.8, 4) is 0 Å². The van der Waals surface area contributed by atoms with Gasteiger partial charge in [-0.15, -0.1) is 0 Å². The standard InChI is InChI=1S/C22H25N5O/c1-5-19(28)24-18-10-7-11-22(4,13-18)27-21-23-14-16(3)20(26-21)25-17-9-6-8-15(2)12-17/h5-10,12-14H,1,11H2,2-4H3,(H,24,28)(H2,23,25,26,27). The van der Waals surface area contributed by atoms with Crippen molar-refractivity contribution in [1.29, 1.82) is 0 Å². The summed E-state index contributed by atoms with van der Waals surface area (Å²) in [5.41, 5.74) is 3.41. The Kier molecular flexibility index (Phi) is 5.59. The number of anilines is 3. The van der Waals surface area contributed by atoms with Crippen molar-refractivity contribution in [1.82, 2.24) is 15.3 Å². The molecule has 6 nitrogen and oxygen atoms in total. The van der Waals surface area contributed by atoms with Crippen LogP contribution in [0.3, 0.4) is 0 Å². The molecule has 1 aromatic heterocycles. The first-order valence-electron chi connectivity index (χ1n) is 9.15. The number of nitrogens with zero attached hydrogens (tertiary/aromatic N) is 2. The molecular weight excluding hydrogens is 350 g/mol. The summed E-state index contributed by atoms with van der Waals surface area (Å²) in [4.78, 5) is 20.6. The van der Waals surface area contributed by atoms with Gasteiger partial charge in [0.15, 0.2) is 0 Å². The van der Waals surface area contributed by atoms with Gasteiger partial charge in [0, 0.05) is 23.1 Å². The van der Waals surface area contributed by atoms with E-state index in [0.29, 0.717) is 5.95 Å². The zero-order valence-electron chi connectivity index (χ0n) is 16.4. The fourth-order valence-electron chi connectivity index (χ4n) is 2.98. The first-order chi connectivity index (χ1) is 13.4. The van der Waals surface area contributed by atoms with Gasteiger partial charge in [0.2, 0.25) is 11.9 Å². The Labute approximate surface area is 165 Å². The molecule has 1 aliphatic carbocycles. The molecule has 3 rings (SSSR count). The van der Waals surface area contributed by atoms with Crippen LogP contribution in [0.4, 0.5) is 17.5 Å². The SMILES string of the molecule is C=CC(=O)NC1=CC(C)(Nc2ncc(C)c(Nc3cccc(C)c3)n2)CC=C1. The average Bonchev–Trinajstić information content (AvgIpc) is 2.64. The van der Waals surface area contributed by atoms with E-state index in [1.807, 2.05) is 44.2 Å². The molecule has 0 radical (unpaired) electrons. The van der Waals surface area contributed by atoms with Crippen LogP contribution in [0.1, 0.15) is 24.5 Å². The van der Waals surface area contributed by atoms with E-state index >= 15 is 0 Å². The number of allylic oxidation sites excluding steroid dienone is 1. The summed E-state index contributed by atoms with van der Waals surface area (Å²) in [6.45, 7) is 9.54. The first kappa shape index (κ1) is 19.4. The van der Waals surface area contributed by atoms with Gasteiger partial charge in [-0.2, -0.15) is 4.98 Å². The van der Waals surface area contributed by atoms with Crippen molar-refractivity contribution in [2.24, 2.45) is 0 Å². The van der Waals surface area contributed by atoms with Gasteiger partial charge in [0.25, 0.3) is 0 Å². The number of amides is 1. The van der Waals surface area contributed by atoms with Gasteiger partial charge in [-0.3, -0.25) is 4.79 Å². The molecule has 1 atom stereocenters. The van der Waals surface area contributed by atoms with E-state index in [1.165, 1.54) is 11.6 Å². The summed E-state index contributed by atoms with van der Waals surface area (Å²) < 4.78 is 0. The minimum absolute atomic E-state index is 0.239. The smallest absolute Gasteiger partial charge is 0.247 e. The number of rotatable bonds is 6. The molecule has 0 saturated carbocycles. The van der Waals surface area contributed by atoms with E-state index in [9.17, 15) is 4.79 Å². The van der Waals surface area contributed by atoms with Gasteiger partial charge in [0.1, 0.15) is 5.82 Å².